The first-order chi connectivity index (χ1) is 8.63. The molecule has 0 aliphatic carbocycles. The van der Waals surface area contributed by atoms with E-state index >= 15 is 0 Å². The van der Waals surface area contributed by atoms with E-state index in [1.165, 1.54) is 12.8 Å². The molecule has 0 aromatic carbocycles. The highest BCUT2D eigenvalue weighted by molar-refractivity contribution is 9.10. The molecule has 0 amide bonds. The van der Waals surface area contributed by atoms with Gasteiger partial charge in [-0.1, -0.05) is 0 Å². The van der Waals surface area contributed by atoms with Gasteiger partial charge in [0, 0.05) is 12.6 Å². The number of rotatable bonds is 4. The summed E-state index contributed by atoms with van der Waals surface area (Å²) in [7, 11) is 4.34. The maximum atomic E-state index is 5.93. The normalized spacial score (nSPS) is 20.5. The van der Waals surface area contributed by atoms with E-state index in [4.69, 9.17) is 10.2 Å². The number of nitrogens with zero attached hydrogens (tertiary/aromatic N) is 2. The summed E-state index contributed by atoms with van der Waals surface area (Å²) < 4.78 is 6.58. The average Bonchev–Trinajstić information content (AvgIpc) is 2.78. The summed E-state index contributed by atoms with van der Waals surface area (Å²) in [6.07, 6.45) is 4.11. The molecule has 5 heteroatoms. The Bertz CT molecular complexity index is 374. The molecular formula is C13H22BrN3O. The van der Waals surface area contributed by atoms with Crippen LogP contribution in [0.2, 0.25) is 0 Å². The molecule has 1 atom stereocenters. The van der Waals surface area contributed by atoms with Crippen LogP contribution >= 0.6 is 15.9 Å². The second-order valence-corrected chi connectivity index (χ2v) is 5.94. The van der Waals surface area contributed by atoms with Crippen molar-refractivity contribution in [3.8, 4) is 0 Å². The third kappa shape index (κ3) is 2.96. The van der Waals surface area contributed by atoms with Crippen LogP contribution in [0.5, 0.6) is 0 Å². The minimum absolute atomic E-state index is 0.155. The standard InChI is InChI=1S/C13H22BrN3O/c1-16-6-3-10(4-7-16)17(2)12(9-15)13-11(14)5-8-18-13/h5,8,10,12H,3-4,6-7,9,15H2,1-2H3. The molecule has 0 spiro atoms. The lowest BCUT2D eigenvalue weighted by atomic mass is 10.0. The summed E-state index contributed by atoms with van der Waals surface area (Å²) in [5, 5.41) is 0. The summed E-state index contributed by atoms with van der Waals surface area (Å²) in [6, 6.07) is 2.68. The van der Waals surface area contributed by atoms with Gasteiger partial charge >= 0.3 is 0 Å². The lowest BCUT2D eigenvalue weighted by Crippen LogP contribution is -2.45. The Kier molecular flexibility index (Phi) is 4.84. The van der Waals surface area contributed by atoms with E-state index in [0.717, 1.165) is 23.3 Å². The largest absolute Gasteiger partial charge is 0.466 e. The molecular weight excluding hydrogens is 294 g/mol. The topological polar surface area (TPSA) is 45.6 Å². The van der Waals surface area contributed by atoms with Crippen LogP contribution in [0, 0.1) is 0 Å². The Hall–Kier alpha value is -0.360. The predicted octanol–water partition coefficient (Wildman–Crippen LogP) is 2.07. The van der Waals surface area contributed by atoms with E-state index in [9.17, 15) is 0 Å². The summed E-state index contributed by atoms with van der Waals surface area (Å²) in [4.78, 5) is 4.75. The van der Waals surface area contributed by atoms with Crippen LogP contribution in [0.4, 0.5) is 0 Å². The van der Waals surface area contributed by atoms with Crippen LogP contribution in [0.3, 0.4) is 0 Å². The van der Waals surface area contributed by atoms with Gasteiger partial charge < -0.3 is 15.1 Å². The van der Waals surface area contributed by atoms with E-state index in [1.54, 1.807) is 6.26 Å². The Morgan fingerprint density at radius 1 is 1.56 bits per heavy atom. The Labute approximate surface area is 117 Å². The second-order valence-electron chi connectivity index (χ2n) is 5.08. The fraction of sp³-hybridized carbons (Fsp3) is 0.692. The van der Waals surface area contributed by atoms with Crippen LogP contribution in [-0.2, 0) is 0 Å². The van der Waals surface area contributed by atoms with Gasteiger partial charge in [-0.15, -0.1) is 0 Å². The molecule has 1 aliphatic heterocycles. The number of hydrogen-bond donors (Lipinski definition) is 1. The van der Waals surface area contributed by atoms with Crippen LogP contribution in [0.1, 0.15) is 24.6 Å². The molecule has 2 heterocycles. The Morgan fingerprint density at radius 2 is 2.22 bits per heavy atom. The van der Waals surface area contributed by atoms with Crippen LogP contribution < -0.4 is 5.73 Å². The number of likely N-dealkylation sites (tertiary alicyclic amines) is 1. The van der Waals surface area contributed by atoms with E-state index in [-0.39, 0.29) is 6.04 Å². The van der Waals surface area contributed by atoms with Crippen LogP contribution in [0.15, 0.2) is 21.2 Å². The lowest BCUT2D eigenvalue weighted by Gasteiger charge is -2.38. The van der Waals surface area contributed by atoms with Gasteiger partial charge in [-0.05, 0) is 62.0 Å². The first-order valence-electron chi connectivity index (χ1n) is 6.47. The summed E-state index contributed by atoms with van der Waals surface area (Å²) in [5.74, 6) is 0.943. The quantitative estimate of drug-likeness (QED) is 0.924. The maximum absolute atomic E-state index is 5.93. The third-order valence-corrected chi connectivity index (χ3v) is 4.58. The molecule has 1 saturated heterocycles. The minimum Gasteiger partial charge on any atom is -0.466 e. The van der Waals surface area contributed by atoms with Crippen LogP contribution in [-0.4, -0.2) is 49.6 Å². The molecule has 0 bridgehead atoms. The highest BCUT2D eigenvalue weighted by Crippen LogP contribution is 2.30. The van der Waals surface area contributed by atoms with Crippen molar-refractivity contribution in [1.82, 2.24) is 9.80 Å². The molecule has 1 unspecified atom stereocenters. The van der Waals surface area contributed by atoms with Crippen molar-refractivity contribution in [2.75, 3.05) is 33.7 Å². The second kappa shape index (κ2) is 6.19. The number of hydrogen-bond acceptors (Lipinski definition) is 4. The lowest BCUT2D eigenvalue weighted by molar-refractivity contribution is 0.0993. The Balaban J connectivity index is 2.06. The number of piperidine rings is 1. The average molecular weight is 316 g/mol. The molecule has 2 rings (SSSR count). The van der Waals surface area contributed by atoms with Crippen molar-refractivity contribution in [2.45, 2.75) is 24.9 Å². The molecule has 1 aliphatic rings. The monoisotopic (exact) mass is 315 g/mol. The zero-order valence-electron chi connectivity index (χ0n) is 11.1. The fourth-order valence-electron chi connectivity index (χ4n) is 2.66. The molecule has 1 aromatic heterocycles. The van der Waals surface area contributed by atoms with Gasteiger partial charge in [0.1, 0.15) is 5.76 Å². The first-order valence-corrected chi connectivity index (χ1v) is 7.26. The van der Waals surface area contributed by atoms with Crippen molar-refractivity contribution in [3.05, 3.63) is 22.6 Å². The number of nitrogens with two attached hydrogens (primary N) is 1. The molecule has 0 radical (unpaired) electrons. The molecule has 2 N–H and O–H groups in total. The van der Waals surface area contributed by atoms with Gasteiger partial charge in [0.05, 0.1) is 16.8 Å². The summed E-state index contributed by atoms with van der Waals surface area (Å²) in [5.41, 5.74) is 5.93. The van der Waals surface area contributed by atoms with Gasteiger partial charge in [0.2, 0.25) is 0 Å². The molecule has 0 saturated carbocycles. The van der Waals surface area contributed by atoms with Gasteiger partial charge in [-0.2, -0.15) is 0 Å². The zero-order chi connectivity index (χ0) is 13.1. The highest BCUT2D eigenvalue weighted by atomic mass is 79.9. The maximum Gasteiger partial charge on any atom is 0.136 e. The van der Waals surface area contributed by atoms with Crippen LogP contribution in [0.25, 0.3) is 0 Å². The SMILES string of the molecule is CN1CCC(N(C)C(CN)c2occc2Br)CC1. The van der Waals surface area contributed by atoms with Gasteiger partial charge in [0.25, 0.3) is 0 Å². The van der Waals surface area contributed by atoms with Crippen molar-refractivity contribution >= 4 is 15.9 Å². The van der Waals surface area contributed by atoms with E-state index in [2.05, 4.69) is 39.8 Å². The summed E-state index contributed by atoms with van der Waals surface area (Å²) in [6.45, 7) is 2.90. The Morgan fingerprint density at radius 3 is 2.72 bits per heavy atom. The predicted molar refractivity (Wildman–Crippen MR) is 76.5 cm³/mol. The first kappa shape index (κ1) is 14.1. The van der Waals surface area contributed by atoms with E-state index in [0.29, 0.717) is 12.6 Å². The highest BCUT2D eigenvalue weighted by Gasteiger charge is 2.28. The molecule has 18 heavy (non-hydrogen) atoms. The van der Waals surface area contributed by atoms with Crippen molar-refractivity contribution in [2.24, 2.45) is 5.73 Å². The van der Waals surface area contributed by atoms with E-state index in [1.807, 2.05) is 6.07 Å². The van der Waals surface area contributed by atoms with Gasteiger partial charge in [-0.25, -0.2) is 0 Å². The fourth-order valence-corrected chi connectivity index (χ4v) is 3.12. The van der Waals surface area contributed by atoms with Gasteiger partial charge in [0.15, 0.2) is 0 Å². The molecule has 4 nitrogen and oxygen atoms in total. The minimum atomic E-state index is 0.155. The van der Waals surface area contributed by atoms with E-state index < -0.39 is 0 Å². The smallest absolute Gasteiger partial charge is 0.136 e. The van der Waals surface area contributed by atoms with Crippen molar-refractivity contribution < 1.29 is 4.42 Å². The molecule has 1 aromatic rings. The van der Waals surface area contributed by atoms with Crippen molar-refractivity contribution in [3.63, 3.8) is 0 Å². The summed E-state index contributed by atoms with van der Waals surface area (Å²) >= 11 is 3.53. The van der Waals surface area contributed by atoms with Gasteiger partial charge in [-0.3, -0.25) is 4.90 Å². The number of likely N-dealkylation sites (N-methyl/N-ethyl adjacent to an activating group) is 1. The molecule has 102 valence electrons. The number of furan rings is 1. The zero-order valence-corrected chi connectivity index (χ0v) is 12.7. The number of halogens is 1. The van der Waals surface area contributed by atoms with Crippen molar-refractivity contribution in [1.29, 1.82) is 0 Å². The third-order valence-electron chi connectivity index (χ3n) is 3.93. The molecule has 1 fully saturated rings.